The molecule has 35 heavy (non-hydrogen) atoms. The van der Waals surface area contributed by atoms with Gasteiger partial charge in [0.25, 0.3) is 11.6 Å². The molecule has 0 atom stereocenters. The van der Waals surface area contributed by atoms with E-state index in [0.29, 0.717) is 28.0 Å². The summed E-state index contributed by atoms with van der Waals surface area (Å²) < 4.78 is 26.8. The van der Waals surface area contributed by atoms with Gasteiger partial charge in [0.15, 0.2) is 0 Å². The van der Waals surface area contributed by atoms with E-state index in [1.165, 1.54) is 17.4 Å². The highest BCUT2D eigenvalue weighted by Crippen LogP contribution is 2.20. The average molecular weight is 495 g/mol. The van der Waals surface area contributed by atoms with Gasteiger partial charge in [-0.2, -0.15) is 9.41 Å². The van der Waals surface area contributed by atoms with Crippen molar-refractivity contribution >= 4 is 27.3 Å². The van der Waals surface area contributed by atoms with Gasteiger partial charge in [0.1, 0.15) is 0 Å². The Morgan fingerprint density at radius 1 is 1.00 bits per heavy atom. The average Bonchev–Trinajstić information content (AvgIpc) is 2.83. The van der Waals surface area contributed by atoms with Gasteiger partial charge in [-0.3, -0.25) is 14.9 Å². The normalized spacial score (nSPS) is 12.0. The minimum Gasteiger partial charge on any atom is -0.267 e. The van der Waals surface area contributed by atoms with Crippen LogP contribution in [-0.2, 0) is 16.6 Å². The molecular weight excluding hydrogens is 468 g/mol. The summed E-state index contributed by atoms with van der Waals surface area (Å²) in [5.74, 6) is -0.460. The van der Waals surface area contributed by atoms with E-state index in [0.717, 1.165) is 5.56 Å². The molecule has 10 heteroatoms. The van der Waals surface area contributed by atoms with E-state index in [1.807, 2.05) is 6.92 Å². The Morgan fingerprint density at radius 3 is 2.20 bits per heavy atom. The number of hydrogen-bond donors (Lipinski definition) is 1. The topological polar surface area (TPSA) is 122 Å². The minimum absolute atomic E-state index is 0.0201. The molecule has 3 rings (SSSR count). The van der Waals surface area contributed by atoms with Crippen LogP contribution in [0.2, 0.25) is 0 Å². The van der Waals surface area contributed by atoms with Crippen molar-refractivity contribution in [2.45, 2.75) is 32.2 Å². The van der Waals surface area contributed by atoms with E-state index in [1.54, 1.807) is 74.5 Å². The van der Waals surface area contributed by atoms with Gasteiger partial charge in [-0.05, 0) is 50.6 Å². The number of carbonyl (C=O) groups is 1. The summed E-state index contributed by atoms with van der Waals surface area (Å²) in [5.41, 5.74) is 5.92. The lowest BCUT2D eigenvalue weighted by molar-refractivity contribution is -0.385. The Balaban J connectivity index is 1.66. The molecule has 0 heterocycles. The first-order valence-corrected chi connectivity index (χ1v) is 12.1. The molecule has 1 amide bonds. The van der Waals surface area contributed by atoms with Crippen LogP contribution in [0.1, 0.15) is 39.5 Å². The number of amides is 1. The maximum Gasteiger partial charge on any atom is 0.272 e. The molecule has 3 aromatic rings. The van der Waals surface area contributed by atoms with Crippen molar-refractivity contribution in [3.05, 3.63) is 105 Å². The second-order valence-electron chi connectivity index (χ2n) is 8.17. The van der Waals surface area contributed by atoms with Gasteiger partial charge < -0.3 is 0 Å². The van der Waals surface area contributed by atoms with E-state index >= 15 is 0 Å². The van der Waals surface area contributed by atoms with Gasteiger partial charge in [-0.1, -0.05) is 42.0 Å². The van der Waals surface area contributed by atoms with Gasteiger partial charge in [0.2, 0.25) is 10.0 Å². The number of aryl methyl sites for hydroxylation is 2. The highest BCUT2D eigenvalue weighted by molar-refractivity contribution is 7.89. The number of hydrazone groups is 1. The standard InChI is InChI=1S/C25H26N4O5S/c1-17-5-13-23(14-6-17)35(33,34)28(4)16-20-8-11-21(12-9-20)25(30)27-26-19(3)22-10-7-18(2)24(15-22)29(31)32/h5-15H,16H2,1-4H3,(H,27,30). The fourth-order valence-corrected chi connectivity index (χ4v) is 4.45. The second kappa shape index (κ2) is 10.6. The Kier molecular flexibility index (Phi) is 7.78. The van der Waals surface area contributed by atoms with Crippen LogP contribution in [-0.4, -0.2) is 36.3 Å². The van der Waals surface area contributed by atoms with Crippen LogP contribution >= 0.6 is 0 Å². The predicted octanol–water partition coefficient (Wildman–Crippen LogP) is 4.19. The zero-order chi connectivity index (χ0) is 25.8. The van der Waals surface area contributed by atoms with Crippen molar-refractivity contribution in [3.63, 3.8) is 0 Å². The zero-order valence-corrected chi connectivity index (χ0v) is 20.7. The molecule has 0 aliphatic carbocycles. The van der Waals surface area contributed by atoms with Crippen LogP contribution < -0.4 is 5.43 Å². The lowest BCUT2D eigenvalue weighted by Gasteiger charge is -2.17. The van der Waals surface area contributed by atoms with Crippen molar-refractivity contribution in [1.29, 1.82) is 0 Å². The summed E-state index contributed by atoms with van der Waals surface area (Å²) in [6.45, 7) is 5.32. The Bertz CT molecular complexity index is 1380. The number of benzene rings is 3. The number of carbonyl (C=O) groups excluding carboxylic acids is 1. The van der Waals surface area contributed by atoms with Crippen molar-refractivity contribution in [2.75, 3.05) is 7.05 Å². The fourth-order valence-electron chi connectivity index (χ4n) is 3.29. The van der Waals surface area contributed by atoms with Crippen LogP contribution in [0, 0.1) is 24.0 Å². The molecule has 9 nitrogen and oxygen atoms in total. The summed E-state index contributed by atoms with van der Waals surface area (Å²) in [5, 5.41) is 15.2. The second-order valence-corrected chi connectivity index (χ2v) is 10.2. The van der Waals surface area contributed by atoms with Gasteiger partial charge in [0, 0.05) is 36.3 Å². The maximum absolute atomic E-state index is 12.8. The van der Waals surface area contributed by atoms with Crippen LogP contribution in [0.4, 0.5) is 5.69 Å². The number of nitro benzene ring substituents is 1. The molecule has 0 aliphatic rings. The first kappa shape index (κ1) is 25.7. The summed E-state index contributed by atoms with van der Waals surface area (Å²) in [7, 11) is -2.14. The molecule has 0 unspecified atom stereocenters. The van der Waals surface area contributed by atoms with Crippen molar-refractivity contribution in [2.24, 2.45) is 5.10 Å². The Labute approximate surface area is 204 Å². The third kappa shape index (κ3) is 6.17. The fraction of sp³-hybridized carbons (Fsp3) is 0.200. The molecule has 182 valence electrons. The van der Waals surface area contributed by atoms with Gasteiger partial charge in [0.05, 0.1) is 15.5 Å². The van der Waals surface area contributed by atoms with E-state index in [2.05, 4.69) is 10.5 Å². The molecule has 0 bridgehead atoms. The summed E-state index contributed by atoms with van der Waals surface area (Å²) in [6, 6.07) is 17.9. The van der Waals surface area contributed by atoms with E-state index in [-0.39, 0.29) is 17.1 Å². The first-order chi connectivity index (χ1) is 16.5. The quantitative estimate of drug-likeness (QED) is 0.286. The van der Waals surface area contributed by atoms with Crippen LogP contribution in [0.5, 0.6) is 0 Å². The molecule has 0 aliphatic heterocycles. The molecule has 3 aromatic carbocycles. The lowest BCUT2D eigenvalue weighted by atomic mass is 10.1. The Hall–Kier alpha value is -3.89. The first-order valence-electron chi connectivity index (χ1n) is 10.7. The zero-order valence-electron chi connectivity index (χ0n) is 19.8. The van der Waals surface area contributed by atoms with Crippen LogP contribution in [0.15, 0.2) is 76.7 Å². The highest BCUT2D eigenvalue weighted by atomic mass is 32.2. The smallest absolute Gasteiger partial charge is 0.267 e. The molecule has 0 saturated carbocycles. The monoisotopic (exact) mass is 494 g/mol. The molecule has 0 fully saturated rings. The number of nitro groups is 1. The number of nitrogens with zero attached hydrogens (tertiary/aromatic N) is 3. The van der Waals surface area contributed by atoms with E-state index in [4.69, 9.17) is 0 Å². The molecule has 1 N–H and O–H groups in total. The van der Waals surface area contributed by atoms with Crippen LogP contribution in [0.25, 0.3) is 0 Å². The van der Waals surface area contributed by atoms with Crippen molar-refractivity contribution in [3.8, 4) is 0 Å². The molecule has 0 saturated heterocycles. The minimum atomic E-state index is -3.64. The van der Waals surface area contributed by atoms with Gasteiger partial charge >= 0.3 is 0 Å². The molecule has 0 spiro atoms. The SMILES string of the molecule is CC(=NNC(=O)c1ccc(CN(C)S(=O)(=O)c2ccc(C)cc2)cc1)c1ccc(C)c([N+](=O)[O-])c1. The number of nitrogens with one attached hydrogen (secondary N) is 1. The highest BCUT2D eigenvalue weighted by Gasteiger charge is 2.21. The van der Waals surface area contributed by atoms with Gasteiger partial charge in [-0.15, -0.1) is 0 Å². The summed E-state index contributed by atoms with van der Waals surface area (Å²) >= 11 is 0. The van der Waals surface area contributed by atoms with Gasteiger partial charge in [-0.25, -0.2) is 13.8 Å². The number of rotatable bonds is 8. The molecule has 0 aromatic heterocycles. The summed E-state index contributed by atoms with van der Waals surface area (Å²) in [6.07, 6.45) is 0. The van der Waals surface area contributed by atoms with Crippen LogP contribution in [0.3, 0.4) is 0 Å². The van der Waals surface area contributed by atoms with Crippen molar-refractivity contribution < 1.29 is 18.1 Å². The number of sulfonamides is 1. The maximum atomic E-state index is 12.8. The Morgan fingerprint density at radius 2 is 1.60 bits per heavy atom. The predicted molar refractivity (Wildman–Crippen MR) is 134 cm³/mol. The van der Waals surface area contributed by atoms with Crippen molar-refractivity contribution in [1.82, 2.24) is 9.73 Å². The lowest BCUT2D eigenvalue weighted by Crippen LogP contribution is -2.26. The number of hydrogen-bond acceptors (Lipinski definition) is 6. The summed E-state index contributed by atoms with van der Waals surface area (Å²) in [4.78, 5) is 23.4. The van der Waals surface area contributed by atoms with E-state index < -0.39 is 20.9 Å². The third-order valence-electron chi connectivity index (χ3n) is 5.50. The largest absolute Gasteiger partial charge is 0.272 e. The molecular formula is C25H26N4O5S. The molecule has 0 radical (unpaired) electrons. The third-order valence-corrected chi connectivity index (χ3v) is 7.32. The van der Waals surface area contributed by atoms with E-state index in [9.17, 15) is 23.3 Å².